The number of carbonyl (C=O) groups is 1. The van der Waals surface area contributed by atoms with Gasteiger partial charge in [-0.2, -0.15) is 13.2 Å². The second-order valence-electron chi connectivity index (χ2n) is 8.32. The van der Waals surface area contributed by atoms with Crippen LogP contribution < -0.4 is 9.46 Å². The number of carboxylic acids is 1. The molecule has 3 rings (SSSR count). The molecule has 202 valence electrons. The minimum absolute atomic E-state index is 0.0269. The first kappa shape index (κ1) is 28.7. The summed E-state index contributed by atoms with van der Waals surface area (Å²) in [5.41, 5.74) is 0.372. The summed E-state index contributed by atoms with van der Waals surface area (Å²) in [5, 5.41) is 19.2. The van der Waals surface area contributed by atoms with E-state index in [-0.39, 0.29) is 25.1 Å². The number of alkyl halides is 3. The van der Waals surface area contributed by atoms with Gasteiger partial charge in [0.15, 0.2) is 0 Å². The molecule has 3 N–H and O–H groups in total. The molecule has 7 nitrogen and oxygen atoms in total. The van der Waals surface area contributed by atoms with Crippen molar-refractivity contribution in [2.24, 2.45) is 0 Å². The minimum Gasteiger partial charge on any atom is -0.493 e. The average molecular weight is 550 g/mol. The predicted octanol–water partition coefficient (Wildman–Crippen LogP) is 5.37. The monoisotopic (exact) mass is 549 g/mol. The molecular weight excluding hydrogens is 523 g/mol. The Kier molecular flexibility index (Phi) is 9.54. The third-order valence-electron chi connectivity index (χ3n) is 5.37. The van der Waals surface area contributed by atoms with Gasteiger partial charge >= 0.3 is 12.1 Å². The van der Waals surface area contributed by atoms with Crippen LogP contribution in [-0.4, -0.2) is 37.3 Å². The van der Waals surface area contributed by atoms with Gasteiger partial charge in [-0.3, -0.25) is 9.52 Å². The van der Waals surface area contributed by atoms with E-state index in [9.17, 15) is 31.5 Å². The smallest absolute Gasteiger partial charge is 0.416 e. The molecule has 0 saturated carbocycles. The zero-order valence-electron chi connectivity index (χ0n) is 20.1. The Morgan fingerprint density at radius 2 is 1.76 bits per heavy atom. The van der Waals surface area contributed by atoms with Crippen molar-refractivity contribution in [1.29, 1.82) is 0 Å². The van der Waals surface area contributed by atoms with Gasteiger partial charge in [0.05, 0.1) is 23.2 Å². The molecule has 0 aliphatic carbocycles. The minimum atomic E-state index is -4.67. The van der Waals surface area contributed by atoms with Crippen molar-refractivity contribution in [2.75, 3.05) is 11.3 Å². The van der Waals surface area contributed by atoms with E-state index in [1.165, 1.54) is 18.2 Å². The van der Waals surface area contributed by atoms with Crippen molar-refractivity contribution >= 4 is 27.8 Å². The third-order valence-corrected chi connectivity index (χ3v) is 6.75. The molecule has 0 bridgehead atoms. The van der Waals surface area contributed by atoms with Gasteiger partial charge in [0, 0.05) is 18.5 Å². The Balaban J connectivity index is 1.58. The number of aliphatic hydroxyl groups is 1. The number of rotatable bonds is 12. The number of carboxylic acid groups (broad SMARTS) is 1. The maximum absolute atomic E-state index is 13.0. The van der Waals surface area contributed by atoms with Crippen LogP contribution in [-0.2, 0) is 27.4 Å². The maximum Gasteiger partial charge on any atom is 0.416 e. The molecule has 0 aliphatic rings. The van der Waals surface area contributed by atoms with Crippen LogP contribution >= 0.6 is 0 Å². The Morgan fingerprint density at radius 1 is 1.03 bits per heavy atom. The lowest BCUT2D eigenvalue weighted by atomic mass is 10.1. The van der Waals surface area contributed by atoms with Gasteiger partial charge in [-0.05, 0) is 53.9 Å². The highest BCUT2D eigenvalue weighted by atomic mass is 32.2. The number of hydrogen-bond donors (Lipinski definition) is 3. The first-order valence-corrected chi connectivity index (χ1v) is 13.0. The molecule has 3 aromatic carbocycles. The van der Waals surface area contributed by atoms with E-state index >= 15 is 0 Å². The van der Waals surface area contributed by atoms with Gasteiger partial charge in [-0.25, -0.2) is 8.42 Å². The molecule has 38 heavy (non-hydrogen) atoms. The van der Waals surface area contributed by atoms with E-state index < -0.39 is 38.7 Å². The summed E-state index contributed by atoms with van der Waals surface area (Å²) in [6.07, 6.45) is -1.94. The van der Waals surface area contributed by atoms with Crippen LogP contribution in [0.3, 0.4) is 0 Å². The van der Waals surface area contributed by atoms with Gasteiger partial charge in [-0.1, -0.05) is 48.6 Å². The second kappa shape index (κ2) is 12.6. The Hall–Kier alpha value is -3.83. The fourth-order valence-corrected chi connectivity index (χ4v) is 4.56. The number of halogens is 3. The molecule has 0 spiro atoms. The molecule has 0 fully saturated rings. The molecule has 1 unspecified atom stereocenters. The summed E-state index contributed by atoms with van der Waals surface area (Å²) in [7, 11) is -4.27. The third kappa shape index (κ3) is 8.63. The summed E-state index contributed by atoms with van der Waals surface area (Å²) in [4.78, 5) is 10.3. The van der Waals surface area contributed by atoms with Gasteiger partial charge in [0.2, 0.25) is 0 Å². The molecule has 0 aliphatic heterocycles. The predicted molar refractivity (Wildman–Crippen MR) is 136 cm³/mol. The number of nitrogens with one attached hydrogen (secondary N) is 1. The van der Waals surface area contributed by atoms with E-state index in [4.69, 9.17) is 9.84 Å². The molecule has 1 atom stereocenters. The Bertz CT molecular complexity index is 1390. The van der Waals surface area contributed by atoms with Crippen LogP contribution in [0.25, 0.3) is 6.08 Å². The largest absolute Gasteiger partial charge is 0.493 e. The Morgan fingerprint density at radius 3 is 2.50 bits per heavy atom. The number of aryl methyl sites for hydroxylation is 1. The zero-order valence-corrected chi connectivity index (χ0v) is 20.9. The first-order valence-electron chi connectivity index (χ1n) is 11.5. The SMILES string of the molecule is O=C(O)CCc1ccccc1OCCC(O)/C=C/c1cccc(NS(=O)(=O)c2cccc(C(F)(F)F)c2)c1. The van der Waals surface area contributed by atoms with Crippen LogP contribution in [0.2, 0.25) is 0 Å². The molecule has 11 heteroatoms. The van der Waals surface area contributed by atoms with E-state index in [1.807, 2.05) is 0 Å². The van der Waals surface area contributed by atoms with Crippen molar-refractivity contribution in [1.82, 2.24) is 0 Å². The van der Waals surface area contributed by atoms with Crippen molar-refractivity contribution in [3.05, 3.63) is 95.6 Å². The number of sulfonamides is 1. The van der Waals surface area contributed by atoms with Crippen LogP contribution in [0.1, 0.15) is 29.5 Å². The van der Waals surface area contributed by atoms with E-state index in [2.05, 4.69) is 4.72 Å². The molecule has 3 aromatic rings. The highest BCUT2D eigenvalue weighted by Crippen LogP contribution is 2.31. The van der Waals surface area contributed by atoms with Gasteiger partial charge in [0.1, 0.15) is 5.75 Å². The standard InChI is InChI=1S/C27H26F3NO6S/c28-27(29,30)21-7-4-9-24(18-21)38(35,36)31-22-8-3-5-19(17-22)11-13-23(32)15-16-37-25-10-2-1-6-20(25)12-14-26(33)34/h1-11,13,17-18,23,31-32H,12,14-16H2,(H,33,34)/b13-11+. The van der Waals surface area contributed by atoms with Gasteiger partial charge < -0.3 is 14.9 Å². The van der Waals surface area contributed by atoms with Crippen LogP contribution in [0, 0.1) is 0 Å². The van der Waals surface area contributed by atoms with Crippen LogP contribution in [0.4, 0.5) is 18.9 Å². The fourth-order valence-electron chi connectivity index (χ4n) is 3.46. The highest BCUT2D eigenvalue weighted by Gasteiger charge is 2.31. The quantitative estimate of drug-likeness (QED) is 0.280. The molecule has 0 radical (unpaired) electrons. The molecular formula is C27H26F3NO6S. The number of hydrogen-bond acceptors (Lipinski definition) is 5. The zero-order chi connectivity index (χ0) is 27.8. The van der Waals surface area contributed by atoms with Crippen LogP contribution in [0.5, 0.6) is 5.75 Å². The van der Waals surface area contributed by atoms with Gasteiger partial charge in [-0.15, -0.1) is 0 Å². The van der Waals surface area contributed by atoms with Crippen LogP contribution in [0.15, 0.2) is 83.8 Å². The summed E-state index contributed by atoms with van der Waals surface area (Å²) < 4.78 is 72.1. The fraction of sp³-hybridized carbons (Fsp3) is 0.222. The van der Waals surface area contributed by atoms with E-state index in [1.54, 1.807) is 42.5 Å². The van der Waals surface area contributed by atoms with Crippen molar-refractivity contribution < 1.29 is 41.3 Å². The first-order chi connectivity index (χ1) is 17.9. The molecule has 0 saturated heterocycles. The lowest BCUT2D eigenvalue weighted by Crippen LogP contribution is -2.14. The lowest BCUT2D eigenvalue weighted by molar-refractivity contribution is -0.138. The topological polar surface area (TPSA) is 113 Å². The van der Waals surface area contributed by atoms with Crippen molar-refractivity contribution in [3.8, 4) is 5.75 Å². The van der Waals surface area contributed by atoms with Crippen molar-refractivity contribution in [2.45, 2.75) is 36.4 Å². The normalized spacial score (nSPS) is 12.8. The number of ether oxygens (including phenoxy) is 1. The van der Waals surface area contributed by atoms with Gasteiger partial charge in [0.25, 0.3) is 10.0 Å². The number of aliphatic carboxylic acids is 1. The number of para-hydroxylation sites is 1. The highest BCUT2D eigenvalue weighted by molar-refractivity contribution is 7.92. The second-order valence-corrected chi connectivity index (χ2v) is 10.0. The summed E-state index contributed by atoms with van der Waals surface area (Å²) in [6.45, 7) is 0.173. The Labute approximate surface area is 218 Å². The number of benzene rings is 3. The maximum atomic E-state index is 13.0. The summed E-state index contributed by atoms with van der Waals surface area (Å²) in [5.74, 6) is -0.362. The molecule has 0 aromatic heterocycles. The number of aliphatic hydroxyl groups excluding tert-OH is 1. The lowest BCUT2D eigenvalue weighted by Gasteiger charge is -2.12. The van der Waals surface area contributed by atoms with E-state index in [0.29, 0.717) is 23.8 Å². The van der Waals surface area contributed by atoms with Crippen molar-refractivity contribution in [3.63, 3.8) is 0 Å². The number of anilines is 1. The molecule has 0 heterocycles. The summed E-state index contributed by atoms with van der Waals surface area (Å²) in [6, 6.07) is 16.7. The average Bonchev–Trinajstić information content (AvgIpc) is 2.86. The molecule has 0 amide bonds. The summed E-state index contributed by atoms with van der Waals surface area (Å²) >= 11 is 0. The van der Waals surface area contributed by atoms with E-state index in [0.717, 1.165) is 23.8 Å².